The second kappa shape index (κ2) is 10.3. The smallest absolute Gasteiger partial charge is 0.367 e. The summed E-state index contributed by atoms with van der Waals surface area (Å²) in [6.07, 6.45) is -1.37. The van der Waals surface area contributed by atoms with Crippen LogP contribution in [0.4, 0.5) is 19.0 Å². The average molecular weight is 432 g/mol. The fraction of sp³-hybridized carbons (Fsp3) is 0.409. The molecule has 1 aliphatic heterocycles. The van der Waals surface area contributed by atoms with Crippen molar-refractivity contribution in [2.75, 3.05) is 24.6 Å². The largest absolute Gasteiger partial charge is 0.411 e. The highest BCUT2D eigenvalue weighted by molar-refractivity contribution is 5.79. The molecular formula is C22H23F3N4O2. The number of carbonyl (C=O) groups excluding carboxylic acids is 1. The number of halogens is 3. The second-order valence-corrected chi connectivity index (χ2v) is 7.42. The molecule has 1 aliphatic rings. The van der Waals surface area contributed by atoms with Crippen LogP contribution in [-0.2, 0) is 22.7 Å². The number of anilines is 1. The summed E-state index contributed by atoms with van der Waals surface area (Å²) in [5.41, 5.74) is 2.02. The molecule has 1 fully saturated rings. The molecule has 3 rings (SSSR count). The van der Waals surface area contributed by atoms with Gasteiger partial charge in [0.2, 0.25) is 5.91 Å². The maximum absolute atomic E-state index is 12.5. The fourth-order valence-electron chi connectivity index (χ4n) is 3.38. The summed E-state index contributed by atoms with van der Waals surface area (Å²) in [7, 11) is 0. The number of nitrogens with one attached hydrogen (secondary N) is 1. The Balaban J connectivity index is 1.40. The van der Waals surface area contributed by atoms with Crippen molar-refractivity contribution in [2.24, 2.45) is 5.92 Å². The minimum atomic E-state index is -4.33. The van der Waals surface area contributed by atoms with Crippen LogP contribution in [0.2, 0.25) is 0 Å². The van der Waals surface area contributed by atoms with Gasteiger partial charge >= 0.3 is 6.18 Å². The second-order valence-electron chi connectivity index (χ2n) is 7.42. The van der Waals surface area contributed by atoms with E-state index in [1.807, 2.05) is 12.1 Å². The molecule has 2 heterocycles. The number of carbonyl (C=O) groups is 1. The van der Waals surface area contributed by atoms with E-state index in [-0.39, 0.29) is 18.4 Å². The molecule has 1 saturated heterocycles. The van der Waals surface area contributed by atoms with Gasteiger partial charge in [-0.2, -0.15) is 18.4 Å². The van der Waals surface area contributed by atoms with Gasteiger partial charge in [-0.05, 0) is 36.1 Å². The molecule has 1 aromatic heterocycles. The van der Waals surface area contributed by atoms with Crippen molar-refractivity contribution in [1.29, 1.82) is 5.26 Å². The van der Waals surface area contributed by atoms with Crippen molar-refractivity contribution in [1.82, 2.24) is 10.3 Å². The third-order valence-corrected chi connectivity index (χ3v) is 5.09. The minimum Gasteiger partial charge on any atom is -0.367 e. The Labute approximate surface area is 178 Å². The van der Waals surface area contributed by atoms with Crippen LogP contribution in [0, 0.1) is 17.2 Å². The van der Waals surface area contributed by atoms with E-state index < -0.39 is 12.8 Å². The maximum atomic E-state index is 12.5. The van der Waals surface area contributed by atoms with Crippen molar-refractivity contribution in [3.05, 3.63) is 59.3 Å². The van der Waals surface area contributed by atoms with Crippen LogP contribution in [-0.4, -0.2) is 36.8 Å². The minimum absolute atomic E-state index is 0.00924. The molecule has 164 valence electrons. The molecule has 1 amide bonds. The summed E-state index contributed by atoms with van der Waals surface area (Å²) in [4.78, 5) is 18.9. The van der Waals surface area contributed by atoms with Crippen LogP contribution < -0.4 is 10.2 Å². The number of aromatic nitrogens is 1. The Bertz CT molecular complexity index is 900. The number of nitrogens with zero attached hydrogens (tertiary/aromatic N) is 3. The molecule has 0 aliphatic carbocycles. The zero-order chi connectivity index (χ0) is 22.3. The molecule has 0 bridgehead atoms. The van der Waals surface area contributed by atoms with Crippen molar-refractivity contribution in [3.63, 3.8) is 0 Å². The molecule has 1 aromatic carbocycles. The predicted molar refractivity (Wildman–Crippen MR) is 108 cm³/mol. The number of hydrogen-bond donors (Lipinski definition) is 1. The lowest BCUT2D eigenvalue weighted by Crippen LogP contribution is -2.40. The van der Waals surface area contributed by atoms with Crippen molar-refractivity contribution in [2.45, 2.75) is 32.2 Å². The van der Waals surface area contributed by atoms with Crippen LogP contribution >= 0.6 is 0 Å². The number of amides is 1. The molecule has 0 spiro atoms. The Kier molecular flexibility index (Phi) is 7.47. The highest BCUT2D eigenvalue weighted by Crippen LogP contribution is 2.22. The number of ether oxygens (including phenoxy) is 1. The van der Waals surface area contributed by atoms with Crippen LogP contribution in [0.3, 0.4) is 0 Å². The average Bonchev–Trinajstić information content (AvgIpc) is 2.78. The third-order valence-electron chi connectivity index (χ3n) is 5.09. The van der Waals surface area contributed by atoms with Gasteiger partial charge in [0.05, 0.1) is 12.2 Å². The monoisotopic (exact) mass is 432 g/mol. The highest BCUT2D eigenvalue weighted by atomic mass is 19.4. The first-order valence-corrected chi connectivity index (χ1v) is 9.95. The van der Waals surface area contributed by atoms with E-state index in [4.69, 9.17) is 5.26 Å². The standard InChI is InChI=1S/C22H23F3N4O2/c23-22(24,25)15-31-14-17-3-1-16(2-4-17)12-28-21(30)19-7-9-29(10-8-19)20-6-5-18(11-26)13-27-20/h1-6,13,19H,7-10,12,14-15H2,(H,28,30). The van der Waals surface area contributed by atoms with Crippen molar-refractivity contribution in [3.8, 4) is 6.07 Å². The van der Waals surface area contributed by atoms with Gasteiger partial charge in [0, 0.05) is 31.7 Å². The lowest BCUT2D eigenvalue weighted by atomic mass is 9.95. The molecule has 6 nitrogen and oxygen atoms in total. The predicted octanol–water partition coefficient (Wildman–Crippen LogP) is 3.56. The molecule has 2 aromatic rings. The highest BCUT2D eigenvalue weighted by Gasteiger charge is 2.27. The topological polar surface area (TPSA) is 78.2 Å². The van der Waals surface area contributed by atoms with E-state index in [0.29, 0.717) is 43.6 Å². The van der Waals surface area contributed by atoms with Crippen LogP contribution in [0.1, 0.15) is 29.5 Å². The van der Waals surface area contributed by atoms with Crippen molar-refractivity contribution < 1.29 is 22.7 Å². The van der Waals surface area contributed by atoms with E-state index in [9.17, 15) is 18.0 Å². The third kappa shape index (κ3) is 6.96. The van der Waals surface area contributed by atoms with Gasteiger partial charge in [0.1, 0.15) is 18.5 Å². The van der Waals surface area contributed by atoms with Crippen molar-refractivity contribution >= 4 is 11.7 Å². The normalized spacial score (nSPS) is 14.8. The molecule has 0 atom stereocenters. The Morgan fingerprint density at radius 2 is 1.84 bits per heavy atom. The number of hydrogen-bond acceptors (Lipinski definition) is 5. The number of nitriles is 1. The van der Waals surface area contributed by atoms with Gasteiger partial charge in [-0.15, -0.1) is 0 Å². The molecule has 31 heavy (non-hydrogen) atoms. The molecule has 0 saturated carbocycles. The number of benzene rings is 1. The van der Waals surface area contributed by atoms with Gasteiger partial charge in [0.25, 0.3) is 0 Å². The number of alkyl halides is 3. The summed E-state index contributed by atoms with van der Waals surface area (Å²) < 4.78 is 41.0. The molecule has 0 radical (unpaired) electrons. The fourth-order valence-corrected chi connectivity index (χ4v) is 3.38. The molecule has 0 unspecified atom stereocenters. The lowest BCUT2D eigenvalue weighted by Gasteiger charge is -2.32. The first-order valence-electron chi connectivity index (χ1n) is 9.95. The Hall–Kier alpha value is -3.12. The quantitative estimate of drug-likeness (QED) is 0.724. The summed E-state index contributed by atoms with van der Waals surface area (Å²) in [5.74, 6) is 0.715. The van der Waals surface area contributed by atoms with Crippen LogP contribution in [0.25, 0.3) is 0 Å². The summed E-state index contributed by atoms with van der Waals surface area (Å²) >= 11 is 0. The zero-order valence-corrected chi connectivity index (χ0v) is 16.9. The van der Waals surface area contributed by atoms with Gasteiger partial charge in [-0.1, -0.05) is 24.3 Å². The van der Waals surface area contributed by atoms with Gasteiger partial charge in [-0.3, -0.25) is 4.79 Å². The van der Waals surface area contributed by atoms with Gasteiger partial charge in [0.15, 0.2) is 0 Å². The number of pyridine rings is 1. The molecule has 9 heteroatoms. The number of piperidine rings is 1. The first kappa shape index (κ1) is 22.6. The summed E-state index contributed by atoms with van der Waals surface area (Å²) in [6.45, 7) is 0.400. The summed E-state index contributed by atoms with van der Waals surface area (Å²) in [5, 5.41) is 11.8. The molecular weight excluding hydrogens is 409 g/mol. The van der Waals surface area contributed by atoms with Gasteiger partial charge < -0.3 is 15.0 Å². The van der Waals surface area contributed by atoms with Crippen LogP contribution in [0.15, 0.2) is 42.6 Å². The first-order chi connectivity index (χ1) is 14.8. The number of rotatable bonds is 7. The maximum Gasteiger partial charge on any atom is 0.411 e. The lowest BCUT2D eigenvalue weighted by molar-refractivity contribution is -0.176. The molecule has 1 N–H and O–H groups in total. The Morgan fingerprint density at radius 3 is 2.42 bits per heavy atom. The van der Waals surface area contributed by atoms with Gasteiger partial charge in [-0.25, -0.2) is 4.98 Å². The van der Waals surface area contributed by atoms with E-state index in [1.165, 1.54) is 0 Å². The van der Waals surface area contributed by atoms with E-state index >= 15 is 0 Å². The van der Waals surface area contributed by atoms with Crippen LogP contribution in [0.5, 0.6) is 0 Å². The Morgan fingerprint density at radius 1 is 1.16 bits per heavy atom. The zero-order valence-electron chi connectivity index (χ0n) is 16.9. The summed E-state index contributed by atoms with van der Waals surface area (Å²) in [6, 6.07) is 12.5. The van der Waals surface area contributed by atoms with E-state index in [1.54, 1.807) is 36.5 Å². The van der Waals surface area contributed by atoms with E-state index in [2.05, 4.69) is 19.9 Å². The van der Waals surface area contributed by atoms with E-state index in [0.717, 1.165) is 11.4 Å². The SMILES string of the molecule is N#Cc1ccc(N2CCC(C(=O)NCc3ccc(COCC(F)(F)F)cc3)CC2)nc1.